The zero-order valence-corrected chi connectivity index (χ0v) is 37.6. The number of nitrogens with one attached hydrogen (secondary N) is 2. The molecule has 6 rings (SSSR count). The fourth-order valence-electron chi connectivity index (χ4n) is 5.41. The number of unbranched alkanes of at least 4 members (excludes halogenated alkanes) is 3. The van der Waals surface area contributed by atoms with Crippen LogP contribution < -0.4 is 38.2 Å². The summed E-state index contributed by atoms with van der Waals surface area (Å²) >= 11 is 0. The summed E-state index contributed by atoms with van der Waals surface area (Å²) < 4.78 is 12.5. The predicted molar refractivity (Wildman–Crippen MR) is 177 cm³/mol. The average molecular weight is 1470 g/mol. The fraction of sp³-hybridized carbons (Fsp3) is 0.314. The van der Waals surface area contributed by atoms with Gasteiger partial charge in [-0.1, -0.05) is 49.2 Å². The third kappa shape index (κ3) is 13.5. The maximum Gasteiger partial charge on any atom is 2.00 e. The molecule has 50 heavy (non-hydrogen) atoms. The Bertz CT molecular complexity index is 1740. The second kappa shape index (κ2) is 26.0. The summed E-state index contributed by atoms with van der Waals surface area (Å²) in [6, 6.07) is 20.3. The van der Waals surface area contributed by atoms with Crippen LogP contribution >= 0.6 is 0 Å². The van der Waals surface area contributed by atoms with Crippen molar-refractivity contribution in [2.75, 3.05) is 39.4 Å². The van der Waals surface area contributed by atoms with E-state index in [1.807, 2.05) is 36.4 Å². The topological polar surface area (TPSA) is 120 Å². The van der Waals surface area contributed by atoms with Gasteiger partial charge in [0.05, 0.1) is 40.5 Å². The van der Waals surface area contributed by atoms with Crippen LogP contribution in [0.4, 0.5) is 0 Å². The minimum Gasteiger partial charge on any atom is -1.00 e. The molecule has 0 aliphatic rings. The van der Waals surface area contributed by atoms with E-state index in [0.717, 1.165) is 87.6 Å². The van der Waals surface area contributed by atoms with E-state index in [0.29, 0.717) is 19.8 Å². The summed E-state index contributed by atoms with van der Waals surface area (Å²) in [7, 11) is 0. The molecule has 0 saturated carbocycles. The number of rotatable bonds is 16. The molecule has 275 valence electrons. The van der Waals surface area contributed by atoms with Gasteiger partial charge in [0.25, 0.3) is 0 Å². The standard InChI is InChI=1S/C35H39N7O2.ClH.Cu.4Pt/c36-13-18-37-14-3-1-2-4-15-38-29(23-43-30-19-27-11-9-25-7-5-16-39-32(25)34(27)41-21-30)24-44-31-20-28-12-10-26-8-6-17-40-33(26)35(28)42-22-31;;;;;;/h5-12,16-17,19-22,29,37-38H,1-4,13-15,18,23-24,36H2;1H;;;;;/q;;5*+2/p-1. The fourth-order valence-corrected chi connectivity index (χ4v) is 5.41. The number of hydrogen-bond donors (Lipinski definition) is 3. The average Bonchev–Trinajstić information content (AvgIpc) is 3.08. The Morgan fingerprint density at radius 2 is 1.04 bits per heavy atom. The molecule has 0 bridgehead atoms. The number of aromatic nitrogens is 4. The van der Waals surface area contributed by atoms with Gasteiger partial charge in [-0.2, -0.15) is 0 Å². The number of benzene rings is 2. The first-order valence-corrected chi connectivity index (χ1v) is 15.5. The van der Waals surface area contributed by atoms with Gasteiger partial charge in [0.1, 0.15) is 24.7 Å². The van der Waals surface area contributed by atoms with Gasteiger partial charge in [0.2, 0.25) is 0 Å². The molecule has 0 unspecified atom stereocenters. The summed E-state index contributed by atoms with van der Waals surface area (Å²) in [5, 5.41) is 11.2. The molecule has 1 radical (unpaired) electrons. The second-order valence-corrected chi connectivity index (χ2v) is 11.0. The maximum atomic E-state index is 6.26. The Hall–Kier alpha value is -0.877. The van der Waals surface area contributed by atoms with Crippen LogP contribution in [-0.2, 0) is 101 Å². The van der Waals surface area contributed by atoms with Gasteiger partial charge < -0.3 is 38.2 Å². The van der Waals surface area contributed by atoms with E-state index in [-0.39, 0.29) is 120 Å². The minimum absolute atomic E-state index is 0. The van der Waals surface area contributed by atoms with Crippen LogP contribution in [-0.4, -0.2) is 65.4 Å². The van der Waals surface area contributed by atoms with E-state index in [9.17, 15) is 0 Å². The first kappa shape index (κ1) is 49.1. The van der Waals surface area contributed by atoms with Gasteiger partial charge >= 0.3 is 101 Å². The van der Waals surface area contributed by atoms with Crippen molar-refractivity contribution in [2.24, 2.45) is 5.73 Å². The van der Waals surface area contributed by atoms with Crippen LogP contribution in [0.3, 0.4) is 0 Å². The number of nitrogens with zero attached hydrogens (tertiary/aromatic N) is 4. The van der Waals surface area contributed by atoms with Crippen molar-refractivity contribution >= 4 is 43.6 Å². The van der Waals surface area contributed by atoms with E-state index in [2.05, 4.69) is 54.8 Å². The number of fused-ring (bicyclic) bond motifs is 6. The van der Waals surface area contributed by atoms with Gasteiger partial charge in [-0.15, -0.1) is 0 Å². The molecule has 0 aliphatic carbocycles. The van der Waals surface area contributed by atoms with E-state index in [1.165, 1.54) is 12.8 Å². The van der Waals surface area contributed by atoms with Crippen molar-refractivity contribution in [3.63, 3.8) is 0 Å². The first-order chi connectivity index (χ1) is 21.8. The molecule has 0 spiro atoms. The van der Waals surface area contributed by atoms with Gasteiger partial charge in [-0.3, -0.25) is 19.9 Å². The molecule has 4 N–H and O–H groups in total. The molecule has 4 heterocycles. The van der Waals surface area contributed by atoms with Crippen molar-refractivity contribution in [1.82, 2.24) is 30.6 Å². The second-order valence-electron chi connectivity index (χ2n) is 11.0. The molecule has 0 amide bonds. The smallest absolute Gasteiger partial charge is 1.00 e. The van der Waals surface area contributed by atoms with E-state index < -0.39 is 0 Å². The normalized spacial score (nSPS) is 10.3. The Morgan fingerprint density at radius 1 is 0.580 bits per heavy atom. The Labute approximate surface area is 367 Å². The number of hydrogen-bond acceptors (Lipinski definition) is 9. The molecule has 0 fully saturated rings. The quantitative estimate of drug-likeness (QED) is 0.0764. The monoisotopic (exact) mass is 1470 g/mol. The molecular formula is C35H39ClCuN7O2Pt4+9. The van der Waals surface area contributed by atoms with Crippen LogP contribution in [0, 0.1) is 0 Å². The number of pyridine rings is 4. The Balaban J connectivity index is 0.00000400. The van der Waals surface area contributed by atoms with Gasteiger partial charge in [0, 0.05) is 47.0 Å². The summed E-state index contributed by atoms with van der Waals surface area (Å²) in [5.41, 5.74) is 9.09. The molecule has 0 atom stereocenters. The van der Waals surface area contributed by atoms with E-state index in [4.69, 9.17) is 15.2 Å². The van der Waals surface area contributed by atoms with Crippen LogP contribution in [0.25, 0.3) is 43.6 Å². The minimum atomic E-state index is -0.0239. The largest absolute Gasteiger partial charge is 2.00 e. The van der Waals surface area contributed by atoms with Crippen molar-refractivity contribution in [3.05, 3.63) is 85.5 Å². The molecule has 4 aromatic heterocycles. The number of ether oxygens (including phenoxy) is 2. The Morgan fingerprint density at radius 3 is 1.54 bits per heavy atom. The third-order valence-electron chi connectivity index (χ3n) is 7.73. The zero-order valence-electron chi connectivity index (χ0n) is 26.9. The molecule has 0 aliphatic heterocycles. The Kier molecular flexibility index (Phi) is 25.5. The molecule has 0 saturated heterocycles. The molecule has 6 aromatic rings. The van der Waals surface area contributed by atoms with Crippen LogP contribution in [0.15, 0.2) is 85.5 Å². The van der Waals surface area contributed by atoms with Crippen molar-refractivity contribution in [2.45, 2.75) is 31.7 Å². The van der Waals surface area contributed by atoms with Gasteiger partial charge in [-0.25, -0.2) is 0 Å². The maximum absolute atomic E-state index is 6.26. The summed E-state index contributed by atoms with van der Waals surface area (Å²) in [5.74, 6) is 1.44. The molecule has 9 nitrogen and oxygen atoms in total. The first-order valence-electron chi connectivity index (χ1n) is 15.5. The zero-order chi connectivity index (χ0) is 30.0. The molecular weight excluding hydrogens is 1430 g/mol. The third-order valence-corrected chi connectivity index (χ3v) is 7.73. The van der Waals surface area contributed by atoms with Crippen LogP contribution in [0.2, 0.25) is 0 Å². The summed E-state index contributed by atoms with van der Waals surface area (Å²) in [6.45, 7) is 4.35. The molecule has 15 heteroatoms. The van der Waals surface area contributed by atoms with Crippen molar-refractivity contribution < 1.29 is 123 Å². The number of halogens is 1. The van der Waals surface area contributed by atoms with E-state index in [1.54, 1.807) is 24.8 Å². The van der Waals surface area contributed by atoms with Crippen LogP contribution in [0.5, 0.6) is 11.5 Å². The van der Waals surface area contributed by atoms with Gasteiger partial charge in [-0.05, 0) is 50.2 Å². The van der Waals surface area contributed by atoms with Crippen LogP contribution in [0.1, 0.15) is 25.7 Å². The van der Waals surface area contributed by atoms with Crippen molar-refractivity contribution in [1.29, 1.82) is 0 Å². The predicted octanol–water partition coefficient (Wildman–Crippen LogP) is 2.40. The number of nitrogens with two attached hydrogens (primary N) is 1. The van der Waals surface area contributed by atoms with E-state index >= 15 is 0 Å². The molecule has 2 aromatic carbocycles. The van der Waals surface area contributed by atoms with Crippen molar-refractivity contribution in [3.8, 4) is 11.5 Å². The summed E-state index contributed by atoms with van der Waals surface area (Å²) in [4.78, 5) is 18.4. The summed E-state index contributed by atoms with van der Waals surface area (Å²) in [6.07, 6.45) is 11.8. The van der Waals surface area contributed by atoms with Gasteiger partial charge in [0.15, 0.2) is 0 Å². The SMILES string of the molecule is NCCNCCCCCCNC(COc1cnc2c(ccc3cccnc32)c1)COc1cnc2c(ccc3cccnc32)c1.[Cl-].[Cu+2].[Pt+2].[Pt+2].[Pt+2].[Pt+2].